The molecule has 2 atom stereocenters. The molecule has 1 aliphatic rings. The normalized spacial score (nSPS) is 25.1. The lowest BCUT2D eigenvalue weighted by atomic mass is 9.96. The van der Waals surface area contributed by atoms with Crippen molar-refractivity contribution >= 4 is 5.97 Å². The predicted octanol–water partition coefficient (Wildman–Crippen LogP) is 1.27. The molecule has 1 saturated heterocycles. The molecule has 1 aromatic heterocycles. The lowest BCUT2D eigenvalue weighted by molar-refractivity contribution is 0.0229. The highest BCUT2D eigenvalue weighted by Gasteiger charge is 2.25. The largest absolute Gasteiger partial charge is 0.463 e. The average molecular weight is 253 g/mol. The summed E-state index contributed by atoms with van der Waals surface area (Å²) in [6, 6.07) is 3.39. The van der Waals surface area contributed by atoms with Crippen molar-refractivity contribution in [1.29, 1.82) is 0 Å². The summed E-state index contributed by atoms with van der Waals surface area (Å²) >= 11 is 0. The summed E-state index contributed by atoms with van der Waals surface area (Å²) in [6.45, 7) is 4.26. The predicted molar refractivity (Wildman–Crippen MR) is 65.1 cm³/mol. The van der Waals surface area contributed by atoms with E-state index in [-0.39, 0.29) is 11.9 Å². The van der Waals surface area contributed by atoms with Crippen LogP contribution in [0.1, 0.15) is 29.7 Å². The molecule has 0 aliphatic carbocycles. The monoisotopic (exact) mass is 253 g/mol. The van der Waals surface area contributed by atoms with Gasteiger partial charge < -0.3 is 14.3 Å². The van der Waals surface area contributed by atoms with E-state index < -0.39 is 5.97 Å². The molecule has 2 rings (SSSR count). The maximum Gasteiger partial charge on any atom is 0.373 e. The van der Waals surface area contributed by atoms with Crippen molar-refractivity contribution in [3.05, 3.63) is 23.7 Å². The number of furan rings is 1. The molecule has 0 aromatic carbocycles. The van der Waals surface area contributed by atoms with Crippen LogP contribution in [0.15, 0.2) is 16.5 Å². The number of esters is 1. The number of piperidine rings is 1. The Labute approximate surface area is 106 Å². The van der Waals surface area contributed by atoms with Gasteiger partial charge in [0.1, 0.15) is 5.76 Å². The van der Waals surface area contributed by atoms with Gasteiger partial charge in [-0.2, -0.15) is 0 Å². The molecule has 2 heterocycles. The Balaban J connectivity index is 1.93. The summed E-state index contributed by atoms with van der Waals surface area (Å²) in [6.07, 6.45) is 0.694. The zero-order valence-electron chi connectivity index (χ0n) is 10.8. The first-order valence-electron chi connectivity index (χ1n) is 6.17. The molecule has 0 radical (unpaired) electrons. The maximum absolute atomic E-state index is 11.2. The number of ether oxygens (including phenoxy) is 1. The van der Waals surface area contributed by atoms with Crippen molar-refractivity contribution in [2.45, 2.75) is 26.0 Å². The lowest BCUT2D eigenvalue weighted by Crippen LogP contribution is -2.42. The number of β-amino-alcohol motifs (C(OH)–C–C–N with tert-alkyl or cyclic N) is 1. The van der Waals surface area contributed by atoms with E-state index in [0.717, 1.165) is 18.7 Å². The maximum atomic E-state index is 11.2. The summed E-state index contributed by atoms with van der Waals surface area (Å²) in [4.78, 5) is 13.4. The van der Waals surface area contributed by atoms with Crippen LogP contribution in [0.5, 0.6) is 0 Å². The number of hydrogen-bond donors (Lipinski definition) is 1. The van der Waals surface area contributed by atoms with Crippen LogP contribution >= 0.6 is 0 Å². The van der Waals surface area contributed by atoms with Gasteiger partial charge in [0.2, 0.25) is 5.76 Å². The van der Waals surface area contributed by atoms with E-state index in [1.54, 1.807) is 12.1 Å². The van der Waals surface area contributed by atoms with Crippen LogP contribution in [0.25, 0.3) is 0 Å². The first-order valence-corrected chi connectivity index (χ1v) is 6.17. The van der Waals surface area contributed by atoms with E-state index in [1.807, 2.05) is 0 Å². The number of carbonyl (C=O) groups excluding carboxylic acids is 1. The number of methoxy groups -OCH3 is 1. The molecule has 0 spiro atoms. The first-order chi connectivity index (χ1) is 8.60. The van der Waals surface area contributed by atoms with E-state index in [9.17, 15) is 9.90 Å². The van der Waals surface area contributed by atoms with E-state index in [4.69, 9.17) is 4.42 Å². The van der Waals surface area contributed by atoms with Crippen LogP contribution in [0, 0.1) is 5.92 Å². The molecular weight excluding hydrogens is 234 g/mol. The van der Waals surface area contributed by atoms with Crippen LogP contribution in [0.2, 0.25) is 0 Å². The van der Waals surface area contributed by atoms with E-state index in [0.29, 0.717) is 19.0 Å². The quantitative estimate of drug-likeness (QED) is 0.822. The van der Waals surface area contributed by atoms with Gasteiger partial charge in [-0.3, -0.25) is 4.90 Å². The highest BCUT2D eigenvalue weighted by Crippen LogP contribution is 2.19. The molecular formula is C13H19NO4. The van der Waals surface area contributed by atoms with Gasteiger partial charge in [-0.25, -0.2) is 4.79 Å². The number of nitrogens with zero attached hydrogens (tertiary/aromatic N) is 1. The topological polar surface area (TPSA) is 62.9 Å². The van der Waals surface area contributed by atoms with Crippen LogP contribution in [0.3, 0.4) is 0 Å². The Kier molecular flexibility index (Phi) is 4.04. The molecule has 0 bridgehead atoms. The molecule has 5 heteroatoms. The molecule has 18 heavy (non-hydrogen) atoms. The van der Waals surface area contributed by atoms with Crippen molar-refractivity contribution in [2.24, 2.45) is 5.92 Å². The number of hydrogen-bond acceptors (Lipinski definition) is 5. The standard InChI is InChI=1S/C13H19NO4/c1-9-5-6-14(8-11(9)15)7-10-3-4-12(18-10)13(16)17-2/h3-4,9,11,15H,5-8H2,1-2H3. The van der Waals surface area contributed by atoms with Crippen LogP contribution < -0.4 is 0 Å². The number of aliphatic hydroxyl groups excluding tert-OH is 1. The zero-order chi connectivity index (χ0) is 13.1. The van der Waals surface area contributed by atoms with E-state index in [2.05, 4.69) is 16.6 Å². The van der Waals surface area contributed by atoms with Crippen LogP contribution in [-0.4, -0.2) is 42.3 Å². The highest BCUT2D eigenvalue weighted by atomic mass is 16.5. The Morgan fingerprint density at radius 3 is 3.06 bits per heavy atom. The number of carbonyl (C=O) groups is 1. The summed E-state index contributed by atoms with van der Waals surface area (Å²) in [7, 11) is 1.33. The van der Waals surface area contributed by atoms with Gasteiger partial charge in [0.05, 0.1) is 19.8 Å². The lowest BCUT2D eigenvalue weighted by Gasteiger charge is -2.33. The molecule has 1 aliphatic heterocycles. The fourth-order valence-electron chi connectivity index (χ4n) is 2.15. The third-order valence-corrected chi connectivity index (χ3v) is 3.43. The Morgan fingerprint density at radius 1 is 1.61 bits per heavy atom. The zero-order valence-corrected chi connectivity index (χ0v) is 10.8. The van der Waals surface area contributed by atoms with Gasteiger partial charge >= 0.3 is 5.97 Å². The second-order valence-corrected chi connectivity index (χ2v) is 4.83. The van der Waals surface area contributed by atoms with Gasteiger partial charge in [0.25, 0.3) is 0 Å². The van der Waals surface area contributed by atoms with Gasteiger partial charge in [-0.05, 0) is 31.0 Å². The van der Waals surface area contributed by atoms with Gasteiger partial charge in [-0.1, -0.05) is 6.92 Å². The van der Waals surface area contributed by atoms with Gasteiger partial charge in [0.15, 0.2) is 0 Å². The minimum absolute atomic E-state index is 0.221. The molecule has 1 N–H and O–H groups in total. The molecule has 1 fully saturated rings. The Morgan fingerprint density at radius 2 is 2.39 bits per heavy atom. The average Bonchev–Trinajstić information content (AvgIpc) is 2.81. The molecule has 100 valence electrons. The fraction of sp³-hybridized carbons (Fsp3) is 0.615. The third kappa shape index (κ3) is 2.91. The summed E-state index contributed by atoms with van der Waals surface area (Å²) in [5, 5.41) is 9.81. The molecule has 2 unspecified atom stereocenters. The van der Waals surface area contributed by atoms with Crippen molar-refractivity contribution < 1.29 is 19.1 Å². The van der Waals surface area contributed by atoms with Gasteiger partial charge in [0, 0.05) is 6.54 Å². The summed E-state index contributed by atoms with van der Waals surface area (Å²) in [5.41, 5.74) is 0. The number of likely N-dealkylation sites (tertiary alicyclic amines) is 1. The molecule has 5 nitrogen and oxygen atoms in total. The Bertz CT molecular complexity index is 415. The highest BCUT2D eigenvalue weighted by molar-refractivity contribution is 5.86. The second kappa shape index (κ2) is 5.54. The number of rotatable bonds is 3. The molecule has 1 aromatic rings. The molecule has 0 amide bonds. The molecule has 0 saturated carbocycles. The third-order valence-electron chi connectivity index (χ3n) is 3.43. The minimum Gasteiger partial charge on any atom is -0.463 e. The van der Waals surface area contributed by atoms with Crippen molar-refractivity contribution in [3.63, 3.8) is 0 Å². The Hall–Kier alpha value is -1.33. The smallest absolute Gasteiger partial charge is 0.373 e. The summed E-state index contributed by atoms with van der Waals surface area (Å²) in [5.74, 6) is 0.826. The van der Waals surface area contributed by atoms with Crippen LogP contribution in [0.4, 0.5) is 0 Å². The van der Waals surface area contributed by atoms with Crippen molar-refractivity contribution in [1.82, 2.24) is 4.90 Å². The van der Waals surface area contributed by atoms with Crippen molar-refractivity contribution in [2.75, 3.05) is 20.2 Å². The van der Waals surface area contributed by atoms with E-state index in [1.165, 1.54) is 7.11 Å². The SMILES string of the molecule is COC(=O)c1ccc(CN2CCC(C)C(O)C2)o1. The minimum atomic E-state index is -0.464. The van der Waals surface area contributed by atoms with E-state index >= 15 is 0 Å². The van der Waals surface area contributed by atoms with Crippen molar-refractivity contribution in [3.8, 4) is 0 Å². The van der Waals surface area contributed by atoms with Crippen LogP contribution in [-0.2, 0) is 11.3 Å². The first kappa shape index (κ1) is 13.1. The second-order valence-electron chi connectivity index (χ2n) is 4.83. The number of aliphatic hydroxyl groups is 1. The van der Waals surface area contributed by atoms with Gasteiger partial charge in [-0.15, -0.1) is 0 Å². The summed E-state index contributed by atoms with van der Waals surface area (Å²) < 4.78 is 9.99. The fourth-order valence-corrected chi connectivity index (χ4v) is 2.15.